The highest BCUT2D eigenvalue weighted by atomic mass is 16.4. The van der Waals surface area contributed by atoms with Crippen LogP contribution in [0.15, 0.2) is 11.6 Å². The summed E-state index contributed by atoms with van der Waals surface area (Å²) in [6.07, 6.45) is 6.30. The van der Waals surface area contributed by atoms with Crippen molar-refractivity contribution in [3.05, 3.63) is 11.6 Å². The van der Waals surface area contributed by atoms with Gasteiger partial charge in [-0.3, -0.25) is 4.90 Å². The number of carbonyl (C=O) groups is 1. The van der Waals surface area contributed by atoms with Crippen molar-refractivity contribution in [2.24, 2.45) is 11.8 Å². The Balaban J connectivity index is 2.46. The van der Waals surface area contributed by atoms with Crippen LogP contribution in [0.2, 0.25) is 0 Å². The number of carboxylic acid groups (broad SMARTS) is 1. The molecule has 1 unspecified atom stereocenters. The third-order valence-electron chi connectivity index (χ3n) is 4.06. The first kappa shape index (κ1) is 15.2. The van der Waals surface area contributed by atoms with Gasteiger partial charge in [-0.05, 0) is 50.6 Å². The van der Waals surface area contributed by atoms with Crippen molar-refractivity contribution in [3.8, 4) is 0 Å². The number of likely N-dealkylation sites (tertiary alicyclic amines) is 1. The van der Waals surface area contributed by atoms with Gasteiger partial charge < -0.3 is 5.11 Å². The first-order chi connectivity index (χ1) is 8.54. The second kappa shape index (κ2) is 7.57. The molecular weight excluding hydrogens is 226 g/mol. The van der Waals surface area contributed by atoms with Crippen LogP contribution in [-0.4, -0.2) is 35.6 Å². The van der Waals surface area contributed by atoms with Gasteiger partial charge in [0.1, 0.15) is 0 Å². The van der Waals surface area contributed by atoms with Crippen LogP contribution in [0, 0.1) is 11.8 Å². The lowest BCUT2D eigenvalue weighted by molar-refractivity contribution is -0.132. The average molecular weight is 253 g/mol. The predicted octanol–water partition coefficient (Wildman–Crippen LogP) is 3.17. The molecule has 1 fully saturated rings. The summed E-state index contributed by atoms with van der Waals surface area (Å²) in [4.78, 5) is 13.3. The molecule has 0 aromatic rings. The van der Waals surface area contributed by atoms with Crippen molar-refractivity contribution >= 4 is 5.97 Å². The highest BCUT2D eigenvalue weighted by Gasteiger charge is 2.19. The third kappa shape index (κ3) is 4.81. The van der Waals surface area contributed by atoms with Crippen LogP contribution < -0.4 is 0 Å². The summed E-state index contributed by atoms with van der Waals surface area (Å²) in [5.41, 5.74) is 0.541. The zero-order valence-electron chi connectivity index (χ0n) is 12.0. The first-order valence-electron chi connectivity index (χ1n) is 7.19. The van der Waals surface area contributed by atoms with Gasteiger partial charge in [0.15, 0.2) is 0 Å². The summed E-state index contributed by atoms with van der Waals surface area (Å²) in [6, 6.07) is 0. The predicted molar refractivity (Wildman–Crippen MR) is 74.6 cm³/mol. The summed E-state index contributed by atoms with van der Waals surface area (Å²) in [7, 11) is 0. The lowest BCUT2D eigenvalue weighted by atomic mass is 9.89. The van der Waals surface area contributed by atoms with E-state index in [0.29, 0.717) is 12.0 Å². The molecule has 1 rings (SSSR count). The van der Waals surface area contributed by atoms with Gasteiger partial charge >= 0.3 is 5.97 Å². The van der Waals surface area contributed by atoms with Crippen molar-refractivity contribution in [2.45, 2.75) is 46.5 Å². The van der Waals surface area contributed by atoms with Crippen molar-refractivity contribution in [1.29, 1.82) is 0 Å². The maximum absolute atomic E-state index is 10.9. The molecule has 3 heteroatoms. The Morgan fingerprint density at radius 1 is 1.39 bits per heavy atom. The van der Waals surface area contributed by atoms with E-state index in [1.165, 1.54) is 19.3 Å². The lowest BCUT2D eigenvalue weighted by Crippen LogP contribution is -2.25. The smallest absolute Gasteiger partial charge is 0.331 e. The van der Waals surface area contributed by atoms with E-state index in [0.717, 1.165) is 31.5 Å². The Kier molecular flexibility index (Phi) is 6.41. The molecule has 0 amide bonds. The molecule has 0 spiro atoms. The van der Waals surface area contributed by atoms with Crippen LogP contribution in [-0.2, 0) is 4.79 Å². The molecule has 1 saturated heterocycles. The minimum absolute atomic E-state index is 0.541. The number of hydrogen-bond acceptors (Lipinski definition) is 2. The number of hydrogen-bond donors (Lipinski definition) is 1. The molecule has 0 bridgehead atoms. The minimum Gasteiger partial charge on any atom is -0.478 e. The third-order valence-corrected chi connectivity index (χ3v) is 4.06. The van der Waals surface area contributed by atoms with Gasteiger partial charge in [-0.2, -0.15) is 0 Å². The summed E-state index contributed by atoms with van der Waals surface area (Å²) in [5.74, 6) is 0.835. The Morgan fingerprint density at radius 3 is 2.67 bits per heavy atom. The van der Waals surface area contributed by atoms with E-state index in [1.807, 2.05) is 13.0 Å². The highest BCUT2D eigenvalue weighted by molar-refractivity contribution is 5.86. The summed E-state index contributed by atoms with van der Waals surface area (Å²) in [6.45, 7) is 9.52. The maximum atomic E-state index is 10.9. The topological polar surface area (TPSA) is 40.5 Å². The van der Waals surface area contributed by atoms with Gasteiger partial charge in [0.25, 0.3) is 0 Å². The van der Waals surface area contributed by atoms with Crippen molar-refractivity contribution < 1.29 is 9.90 Å². The number of rotatable bonds is 5. The Labute approximate surface area is 111 Å². The molecule has 0 radical (unpaired) electrons. The van der Waals surface area contributed by atoms with Gasteiger partial charge in [0.05, 0.1) is 0 Å². The molecule has 1 atom stereocenters. The van der Waals surface area contributed by atoms with Crippen LogP contribution in [0.5, 0.6) is 0 Å². The molecule has 3 nitrogen and oxygen atoms in total. The van der Waals surface area contributed by atoms with Gasteiger partial charge in [0, 0.05) is 12.1 Å². The molecule has 18 heavy (non-hydrogen) atoms. The summed E-state index contributed by atoms with van der Waals surface area (Å²) in [5, 5.41) is 8.99. The van der Waals surface area contributed by atoms with Crippen LogP contribution in [0.3, 0.4) is 0 Å². The monoisotopic (exact) mass is 253 g/mol. The van der Waals surface area contributed by atoms with Crippen molar-refractivity contribution in [2.75, 3.05) is 19.6 Å². The summed E-state index contributed by atoms with van der Waals surface area (Å²) >= 11 is 0. The van der Waals surface area contributed by atoms with Crippen LogP contribution in [0.25, 0.3) is 0 Å². The largest absolute Gasteiger partial charge is 0.478 e. The van der Waals surface area contributed by atoms with Crippen LogP contribution >= 0.6 is 0 Å². The minimum atomic E-state index is -0.771. The van der Waals surface area contributed by atoms with Crippen molar-refractivity contribution in [3.63, 3.8) is 0 Å². The molecular formula is C15H27NO2. The molecule has 104 valence electrons. The highest BCUT2D eigenvalue weighted by Crippen LogP contribution is 2.24. The van der Waals surface area contributed by atoms with Gasteiger partial charge in [-0.1, -0.05) is 26.8 Å². The number of carboxylic acids is 1. The van der Waals surface area contributed by atoms with E-state index in [4.69, 9.17) is 5.11 Å². The van der Waals surface area contributed by atoms with E-state index in [-0.39, 0.29) is 0 Å². The fourth-order valence-corrected chi connectivity index (χ4v) is 2.65. The molecule has 1 N–H and O–H groups in total. The fraction of sp³-hybridized carbons (Fsp3) is 0.800. The molecule has 0 aromatic carbocycles. The zero-order chi connectivity index (χ0) is 13.5. The van der Waals surface area contributed by atoms with E-state index >= 15 is 0 Å². The van der Waals surface area contributed by atoms with E-state index in [9.17, 15) is 4.79 Å². The Morgan fingerprint density at radius 2 is 2.11 bits per heavy atom. The van der Waals surface area contributed by atoms with Gasteiger partial charge in [0.2, 0.25) is 0 Å². The standard InChI is InChI=1S/C15H27NO2/c1-4-13(15(17)18)7-10-16-9-5-6-14(8-11-16)12(2)3/h7,12,14H,4-6,8-11H2,1-3H3,(H,17,18). The molecule has 0 saturated carbocycles. The van der Waals surface area contributed by atoms with Crippen LogP contribution in [0.1, 0.15) is 46.5 Å². The lowest BCUT2D eigenvalue weighted by Gasteiger charge is -2.20. The molecule has 1 aliphatic heterocycles. The Bertz CT molecular complexity index is 297. The van der Waals surface area contributed by atoms with Crippen molar-refractivity contribution in [1.82, 2.24) is 4.90 Å². The SMILES string of the molecule is CCC(=CCN1CCCC(C(C)C)CC1)C(=O)O. The van der Waals surface area contributed by atoms with E-state index in [1.54, 1.807) is 0 Å². The molecule has 0 aliphatic carbocycles. The molecule has 1 heterocycles. The Hall–Kier alpha value is -0.830. The average Bonchev–Trinajstić information content (AvgIpc) is 2.55. The van der Waals surface area contributed by atoms with Gasteiger partial charge in [-0.15, -0.1) is 0 Å². The maximum Gasteiger partial charge on any atom is 0.331 e. The first-order valence-corrected chi connectivity index (χ1v) is 7.19. The van der Waals surface area contributed by atoms with Gasteiger partial charge in [-0.25, -0.2) is 4.79 Å². The quantitative estimate of drug-likeness (QED) is 0.765. The van der Waals surface area contributed by atoms with E-state index < -0.39 is 5.97 Å². The summed E-state index contributed by atoms with van der Waals surface area (Å²) < 4.78 is 0. The second-order valence-corrected chi connectivity index (χ2v) is 5.62. The molecule has 0 aromatic heterocycles. The second-order valence-electron chi connectivity index (χ2n) is 5.62. The number of aliphatic carboxylic acids is 1. The normalized spacial score (nSPS) is 23.1. The zero-order valence-corrected chi connectivity index (χ0v) is 12.0. The number of nitrogens with zero attached hydrogens (tertiary/aromatic N) is 1. The fourth-order valence-electron chi connectivity index (χ4n) is 2.65. The van der Waals surface area contributed by atoms with Crippen LogP contribution in [0.4, 0.5) is 0 Å². The van der Waals surface area contributed by atoms with E-state index in [2.05, 4.69) is 18.7 Å². The molecule has 1 aliphatic rings.